The minimum atomic E-state index is -0.774. The van der Waals surface area contributed by atoms with Crippen molar-refractivity contribution in [3.8, 4) is 11.5 Å². The number of fused-ring (bicyclic) bond motifs is 2. The lowest BCUT2D eigenvalue weighted by atomic mass is 9.80. The Bertz CT molecular complexity index is 840. The quantitative estimate of drug-likeness (QED) is 0.771. The van der Waals surface area contributed by atoms with E-state index in [9.17, 15) is 9.90 Å². The smallest absolute Gasteiger partial charge is 0.336 e. The van der Waals surface area contributed by atoms with Crippen LogP contribution in [0.4, 0.5) is 0 Å². The summed E-state index contributed by atoms with van der Waals surface area (Å²) in [7, 11) is 0. The predicted molar refractivity (Wildman–Crippen MR) is 104 cm³/mol. The molecule has 2 aromatic rings. The number of benzene rings is 1. The van der Waals surface area contributed by atoms with E-state index >= 15 is 0 Å². The number of rotatable bonds is 6. The topological polar surface area (TPSA) is 104 Å². The molecule has 3 N–H and O–H groups in total. The van der Waals surface area contributed by atoms with E-state index in [0.717, 1.165) is 19.6 Å². The van der Waals surface area contributed by atoms with Gasteiger partial charge in [0.1, 0.15) is 12.4 Å². The fraction of sp³-hybridized carbons (Fsp3) is 0.550. The zero-order valence-electron chi connectivity index (χ0n) is 16.4. The molecule has 2 heterocycles. The van der Waals surface area contributed by atoms with Gasteiger partial charge in [-0.1, -0.05) is 27.7 Å². The first-order valence-corrected chi connectivity index (χ1v) is 9.14. The molecule has 0 bridgehead atoms. The average molecular weight is 379 g/mol. The molecule has 7 nitrogen and oxygen atoms in total. The van der Waals surface area contributed by atoms with Crippen LogP contribution in [0.15, 0.2) is 27.4 Å². The Morgan fingerprint density at radius 3 is 2.67 bits per heavy atom. The van der Waals surface area contributed by atoms with Crippen LogP contribution in [0.3, 0.4) is 0 Å². The average Bonchev–Trinajstić information content (AvgIpc) is 2.62. The van der Waals surface area contributed by atoms with E-state index in [1.54, 1.807) is 12.1 Å². The first-order valence-electron chi connectivity index (χ1n) is 9.14. The molecule has 3 rings (SSSR count). The summed E-state index contributed by atoms with van der Waals surface area (Å²) in [6, 6.07) is 4.86. The first kappa shape index (κ1) is 21.2. The van der Waals surface area contributed by atoms with Gasteiger partial charge >= 0.3 is 5.63 Å². The summed E-state index contributed by atoms with van der Waals surface area (Å²) in [5.41, 5.74) is 0.00234. The van der Waals surface area contributed by atoms with Crippen LogP contribution in [0.5, 0.6) is 11.5 Å². The molecule has 1 aromatic carbocycles. The fourth-order valence-electron chi connectivity index (χ4n) is 3.24. The zero-order chi connectivity index (χ0) is 18.9. The Morgan fingerprint density at radius 2 is 2.00 bits per heavy atom. The second-order valence-electron chi connectivity index (χ2n) is 7.35. The molecule has 1 aromatic heterocycles. The second kappa shape index (κ2) is 8.29. The zero-order valence-corrected chi connectivity index (χ0v) is 16.4. The summed E-state index contributed by atoms with van der Waals surface area (Å²) in [5.74, 6) is 0.985. The molecule has 0 saturated carbocycles. The van der Waals surface area contributed by atoms with Crippen molar-refractivity contribution in [1.29, 1.82) is 0 Å². The maximum absolute atomic E-state index is 11.8. The number of hydrogen-bond donors (Lipinski definition) is 1. The van der Waals surface area contributed by atoms with E-state index < -0.39 is 17.1 Å². The molecule has 0 amide bonds. The van der Waals surface area contributed by atoms with Crippen molar-refractivity contribution in [3.05, 3.63) is 34.2 Å². The standard InChI is InChI=1S/C20H27NO5.H2O/c1-5-21(6-2)9-10-24-18-16-14(25-12-20(3,4)19(16)23)11-13-7-8-15(22)26-17(13)18;/h7-8,11,19,23H,5-6,9-10,12H2,1-4H3;1H2. The van der Waals surface area contributed by atoms with Crippen LogP contribution >= 0.6 is 0 Å². The lowest BCUT2D eigenvalue weighted by Gasteiger charge is -2.37. The Labute approximate surface area is 158 Å². The monoisotopic (exact) mass is 379 g/mol. The van der Waals surface area contributed by atoms with Gasteiger partial charge in [0.05, 0.1) is 18.3 Å². The molecular weight excluding hydrogens is 350 g/mol. The normalized spacial score (nSPS) is 17.9. The summed E-state index contributed by atoms with van der Waals surface area (Å²) in [4.78, 5) is 14.0. The van der Waals surface area contributed by atoms with Gasteiger partial charge < -0.3 is 29.4 Å². The van der Waals surface area contributed by atoms with Gasteiger partial charge in [0.2, 0.25) is 0 Å². The minimum absolute atomic E-state index is 0. The van der Waals surface area contributed by atoms with Gasteiger partial charge in [-0.2, -0.15) is 0 Å². The first-order chi connectivity index (χ1) is 12.4. The number of likely N-dealkylation sites (N-methyl/N-ethyl adjacent to an activating group) is 1. The van der Waals surface area contributed by atoms with Crippen molar-refractivity contribution in [2.45, 2.75) is 33.8 Å². The van der Waals surface area contributed by atoms with Crippen LogP contribution in [0.1, 0.15) is 39.4 Å². The molecule has 0 radical (unpaired) electrons. The maximum atomic E-state index is 11.8. The lowest BCUT2D eigenvalue weighted by molar-refractivity contribution is -0.00930. The molecule has 0 fully saturated rings. The highest BCUT2D eigenvalue weighted by Gasteiger charge is 2.39. The largest absolute Gasteiger partial charge is 0.492 e. The minimum Gasteiger partial charge on any atom is -0.492 e. The molecule has 1 atom stereocenters. The summed E-state index contributed by atoms with van der Waals surface area (Å²) in [6.45, 7) is 11.5. The van der Waals surface area contributed by atoms with E-state index in [2.05, 4.69) is 18.7 Å². The summed E-state index contributed by atoms with van der Waals surface area (Å²) in [6.07, 6.45) is -0.774. The van der Waals surface area contributed by atoms with Crippen molar-refractivity contribution in [2.75, 3.05) is 32.8 Å². The highest BCUT2D eigenvalue weighted by atomic mass is 16.5. The van der Waals surface area contributed by atoms with Crippen molar-refractivity contribution in [1.82, 2.24) is 4.90 Å². The fourth-order valence-corrected chi connectivity index (χ4v) is 3.24. The van der Waals surface area contributed by atoms with Crippen LogP contribution < -0.4 is 15.1 Å². The van der Waals surface area contributed by atoms with Gasteiger partial charge in [0, 0.05) is 23.4 Å². The molecule has 0 aliphatic carbocycles. The second-order valence-corrected chi connectivity index (χ2v) is 7.35. The van der Waals surface area contributed by atoms with Crippen molar-refractivity contribution in [2.24, 2.45) is 5.41 Å². The van der Waals surface area contributed by atoms with Gasteiger partial charge in [0.25, 0.3) is 0 Å². The highest BCUT2D eigenvalue weighted by Crippen LogP contribution is 2.49. The predicted octanol–water partition coefficient (Wildman–Crippen LogP) is 2.14. The molecular formula is C20H29NO6. The molecule has 150 valence electrons. The molecule has 1 aliphatic heterocycles. The van der Waals surface area contributed by atoms with E-state index in [1.165, 1.54) is 6.07 Å². The van der Waals surface area contributed by atoms with Crippen LogP contribution in [-0.4, -0.2) is 48.3 Å². The van der Waals surface area contributed by atoms with Crippen molar-refractivity contribution < 1.29 is 24.5 Å². The van der Waals surface area contributed by atoms with E-state index in [-0.39, 0.29) is 5.48 Å². The number of aliphatic hydroxyl groups is 1. The maximum Gasteiger partial charge on any atom is 0.336 e. The van der Waals surface area contributed by atoms with Gasteiger partial charge in [-0.05, 0) is 25.2 Å². The van der Waals surface area contributed by atoms with Crippen LogP contribution in [0, 0.1) is 5.41 Å². The van der Waals surface area contributed by atoms with E-state index in [4.69, 9.17) is 13.9 Å². The van der Waals surface area contributed by atoms with Crippen molar-refractivity contribution in [3.63, 3.8) is 0 Å². The Morgan fingerprint density at radius 1 is 1.30 bits per heavy atom. The Balaban J connectivity index is 0.00000261. The molecule has 7 heteroatoms. The van der Waals surface area contributed by atoms with Crippen LogP contribution in [-0.2, 0) is 0 Å². The molecule has 27 heavy (non-hydrogen) atoms. The Hall–Kier alpha value is -2.09. The van der Waals surface area contributed by atoms with Gasteiger partial charge in [-0.15, -0.1) is 0 Å². The number of ether oxygens (including phenoxy) is 2. The third-order valence-electron chi connectivity index (χ3n) is 5.03. The van der Waals surface area contributed by atoms with Gasteiger partial charge in [-0.25, -0.2) is 4.79 Å². The summed E-state index contributed by atoms with van der Waals surface area (Å²) in [5, 5.41) is 11.6. The van der Waals surface area contributed by atoms with Crippen LogP contribution in [0.25, 0.3) is 11.0 Å². The molecule has 1 aliphatic rings. The van der Waals surface area contributed by atoms with E-state index in [0.29, 0.717) is 41.2 Å². The molecule has 0 spiro atoms. The van der Waals surface area contributed by atoms with Gasteiger partial charge in [-0.3, -0.25) is 0 Å². The summed E-state index contributed by atoms with van der Waals surface area (Å²) < 4.78 is 17.4. The van der Waals surface area contributed by atoms with Gasteiger partial charge in [0.15, 0.2) is 11.3 Å². The molecule has 1 unspecified atom stereocenters. The number of aliphatic hydroxyl groups excluding tert-OH is 1. The number of nitrogens with zero attached hydrogens (tertiary/aromatic N) is 1. The third kappa shape index (κ3) is 4.10. The van der Waals surface area contributed by atoms with E-state index in [1.807, 2.05) is 13.8 Å². The lowest BCUT2D eigenvalue weighted by Crippen LogP contribution is -2.34. The van der Waals surface area contributed by atoms with Crippen molar-refractivity contribution >= 4 is 11.0 Å². The SMILES string of the molecule is CCN(CC)CCOc1c2c(cc3ccc(=O)oc13)OCC(C)(C)C2O.O. The third-order valence-corrected chi connectivity index (χ3v) is 5.03. The Kier molecular flexibility index (Phi) is 6.51. The number of hydrogen-bond acceptors (Lipinski definition) is 6. The highest BCUT2D eigenvalue weighted by molar-refractivity contribution is 5.86. The molecule has 0 saturated heterocycles. The van der Waals surface area contributed by atoms with Crippen LogP contribution in [0.2, 0.25) is 0 Å². The summed E-state index contributed by atoms with van der Waals surface area (Å²) >= 11 is 0.